The van der Waals surface area contributed by atoms with Crippen molar-refractivity contribution in [3.8, 4) is 11.8 Å². The second kappa shape index (κ2) is 5.07. The quantitative estimate of drug-likeness (QED) is 0.887. The first-order chi connectivity index (χ1) is 10.5. The Morgan fingerprint density at radius 2 is 2.05 bits per heavy atom. The van der Waals surface area contributed by atoms with Crippen LogP contribution >= 0.6 is 0 Å². The molecule has 1 unspecified atom stereocenters. The van der Waals surface area contributed by atoms with E-state index < -0.39 is 15.8 Å². The highest BCUT2D eigenvalue weighted by atomic mass is 32.2. The Kier molecular flexibility index (Phi) is 3.34. The number of hydrogen-bond acceptors (Lipinski definition) is 6. The van der Waals surface area contributed by atoms with Crippen LogP contribution in [0.3, 0.4) is 0 Å². The molecule has 2 N–H and O–H groups in total. The standard InChI is InChI=1S/C15H14N2O4S/c1-20-10-4-2-9(3-5-10)13-11(8-16)15(17)21-12-6-7-22(18,19)14(12)13/h2-5,13H,6-7,17H2,1H3. The minimum Gasteiger partial charge on any atom is -0.497 e. The normalized spacial score (nSPS) is 22.8. The van der Waals surface area contributed by atoms with E-state index in [0.717, 1.165) is 0 Å². The van der Waals surface area contributed by atoms with Gasteiger partial charge in [-0.1, -0.05) is 12.1 Å². The minimum absolute atomic E-state index is 0.0175. The highest BCUT2D eigenvalue weighted by Crippen LogP contribution is 2.46. The summed E-state index contributed by atoms with van der Waals surface area (Å²) in [7, 11) is -1.90. The topological polar surface area (TPSA) is 102 Å². The summed E-state index contributed by atoms with van der Waals surface area (Å²) in [6.45, 7) is 0. The third-order valence-corrected chi connectivity index (χ3v) is 5.70. The zero-order valence-corrected chi connectivity index (χ0v) is 12.7. The van der Waals surface area contributed by atoms with Crippen LogP contribution < -0.4 is 10.5 Å². The van der Waals surface area contributed by atoms with Crippen molar-refractivity contribution in [3.63, 3.8) is 0 Å². The van der Waals surface area contributed by atoms with E-state index in [1.54, 1.807) is 31.4 Å². The molecule has 0 fully saturated rings. The van der Waals surface area contributed by atoms with Gasteiger partial charge in [0.05, 0.1) is 23.7 Å². The number of sulfone groups is 1. The molecule has 2 aliphatic rings. The van der Waals surface area contributed by atoms with Gasteiger partial charge in [-0.2, -0.15) is 5.26 Å². The Hall–Kier alpha value is -2.46. The second-order valence-electron chi connectivity index (χ2n) is 5.05. The Labute approximate surface area is 128 Å². The van der Waals surface area contributed by atoms with Crippen LogP contribution in [0.15, 0.2) is 46.4 Å². The van der Waals surface area contributed by atoms with E-state index >= 15 is 0 Å². The molecule has 0 saturated heterocycles. The number of methoxy groups -OCH3 is 1. The predicted octanol–water partition coefficient (Wildman–Crippen LogP) is 1.53. The molecule has 2 heterocycles. The van der Waals surface area contributed by atoms with E-state index in [1.165, 1.54) is 0 Å². The lowest BCUT2D eigenvalue weighted by Gasteiger charge is -2.25. The molecule has 0 radical (unpaired) electrons. The van der Waals surface area contributed by atoms with Gasteiger partial charge in [-0.25, -0.2) is 8.42 Å². The lowest BCUT2D eigenvalue weighted by molar-refractivity contribution is 0.276. The molecular formula is C15H14N2O4S. The van der Waals surface area contributed by atoms with Crippen molar-refractivity contribution in [2.45, 2.75) is 12.3 Å². The molecule has 0 aromatic heterocycles. The van der Waals surface area contributed by atoms with Crippen LogP contribution in [0.2, 0.25) is 0 Å². The summed E-state index contributed by atoms with van der Waals surface area (Å²) in [5.41, 5.74) is 6.59. The van der Waals surface area contributed by atoms with Gasteiger partial charge in [-0.05, 0) is 17.7 Å². The summed E-state index contributed by atoms with van der Waals surface area (Å²) in [6.07, 6.45) is 0.281. The number of hydrogen-bond donors (Lipinski definition) is 1. The average Bonchev–Trinajstić information content (AvgIpc) is 2.81. The molecule has 22 heavy (non-hydrogen) atoms. The molecule has 6 nitrogen and oxygen atoms in total. The van der Waals surface area contributed by atoms with E-state index in [4.69, 9.17) is 15.2 Å². The molecule has 0 amide bonds. The average molecular weight is 318 g/mol. The maximum Gasteiger partial charge on any atom is 0.205 e. The highest BCUT2D eigenvalue weighted by molar-refractivity contribution is 7.95. The van der Waals surface area contributed by atoms with Gasteiger partial charge in [0.1, 0.15) is 23.2 Å². The van der Waals surface area contributed by atoms with Crippen LogP contribution in [0.25, 0.3) is 0 Å². The van der Waals surface area contributed by atoms with E-state index in [-0.39, 0.29) is 28.5 Å². The summed E-state index contributed by atoms with van der Waals surface area (Å²) in [5, 5.41) is 9.37. The van der Waals surface area contributed by atoms with E-state index in [1.807, 2.05) is 6.07 Å². The van der Waals surface area contributed by atoms with Crippen molar-refractivity contribution in [1.82, 2.24) is 0 Å². The van der Waals surface area contributed by atoms with Crippen LogP contribution in [0.1, 0.15) is 17.9 Å². The van der Waals surface area contributed by atoms with Crippen molar-refractivity contribution >= 4 is 9.84 Å². The zero-order valence-electron chi connectivity index (χ0n) is 11.9. The first kappa shape index (κ1) is 14.5. The molecule has 1 aromatic carbocycles. The van der Waals surface area contributed by atoms with Gasteiger partial charge in [0.15, 0.2) is 9.84 Å². The maximum absolute atomic E-state index is 12.3. The number of allylic oxidation sites excluding steroid dienone is 3. The largest absolute Gasteiger partial charge is 0.497 e. The number of nitriles is 1. The molecule has 7 heteroatoms. The molecule has 3 rings (SSSR count). The van der Waals surface area contributed by atoms with Crippen LogP contribution in [0.4, 0.5) is 0 Å². The van der Waals surface area contributed by atoms with Crippen molar-refractivity contribution in [3.05, 3.63) is 51.9 Å². The molecule has 0 aliphatic carbocycles. The summed E-state index contributed by atoms with van der Waals surface area (Å²) in [6, 6.07) is 8.89. The number of nitrogens with zero attached hydrogens (tertiary/aromatic N) is 1. The Morgan fingerprint density at radius 3 is 2.64 bits per heavy atom. The smallest absolute Gasteiger partial charge is 0.205 e. The molecule has 1 aromatic rings. The van der Waals surface area contributed by atoms with Gasteiger partial charge in [-0.15, -0.1) is 0 Å². The number of rotatable bonds is 2. The van der Waals surface area contributed by atoms with Crippen molar-refractivity contribution < 1.29 is 17.9 Å². The van der Waals surface area contributed by atoms with Gasteiger partial charge >= 0.3 is 0 Å². The molecule has 2 aliphatic heterocycles. The van der Waals surface area contributed by atoms with Crippen LogP contribution in [0, 0.1) is 11.3 Å². The lowest BCUT2D eigenvalue weighted by atomic mass is 9.89. The van der Waals surface area contributed by atoms with Crippen molar-refractivity contribution in [2.75, 3.05) is 12.9 Å². The van der Waals surface area contributed by atoms with E-state index in [2.05, 4.69) is 0 Å². The Morgan fingerprint density at radius 1 is 1.36 bits per heavy atom. The highest BCUT2D eigenvalue weighted by Gasteiger charge is 2.43. The summed E-state index contributed by atoms with van der Waals surface area (Å²) in [5.74, 6) is 0.231. The third kappa shape index (κ3) is 2.12. The van der Waals surface area contributed by atoms with Crippen molar-refractivity contribution in [2.24, 2.45) is 5.73 Å². The number of benzene rings is 1. The minimum atomic E-state index is -3.44. The number of nitrogens with two attached hydrogens (primary N) is 1. The first-order valence-corrected chi connectivity index (χ1v) is 8.30. The summed E-state index contributed by atoms with van der Waals surface area (Å²) < 4.78 is 35.1. The van der Waals surface area contributed by atoms with Gasteiger partial charge in [0, 0.05) is 6.42 Å². The lowest BCUT2D eigenvalue weighted by Crippen LogP contribution is -2.21. The fourth-order valence-corrected chi connectivity index (χ4v) is 4.55. The Bertz CT molecular complexity index is 829. The fraction of sp³-hybridized carbons (Fsp3) is 0.267. The second-order valence-corrected chi connectivity index (χ2v) is 7.13. The van der Waals surface area contributed by atoms with Crippen molar-refractivity contribution in [1.29, 1.82) is 5.26 Å². The van der Waals surface area contributed by atoms with Gasteiger partial charge in [-0.3, -0.25) is 0 Å². The molecule has 0 spiro atoms. The van der Waals surface area contributed by atoms with Crippen LogP contribution in [-0.2, 0) is 14.6 Å². The van der Waals surface area contributed by atoms with Crippen LogP contribution in [0.5, 0.6) is 5.75 Å². The third-order valence-electron chi connectivity index (χ3n) is 3.83. The fourth-order valence-electron chi connectivity index (χ4n) is 2.77. The molecule has 0 saturated carbocycles. The van der Waals surface area contributed by atoms with E-state index in [9.17, 15) is 13.7 Å². The zero-order chi connectivity index (χ0) is 15.9. The molecule has 1 atom stereocenters. The Balaban J connectivity index is 2.18. The van der Waals surface area contributed by atoms with Crippen LogP contribution in [-0.4, -0.2) is 21.3 Å². The van der Waals surface area contributed by atoms with Gasteiger partial charge in [0.25, 0.3) is 0 Å². The maximum atomic E-state index is 12.3. The van der Waals surface area contributed by atoms with Gasteiger partial charge < -0.3 is 15.2 Å². The summed E-state index contributed by atoms with van der Waals surface area (Å²) in [4.78, 5) is 0.156. The predicted molar refractivity (Wildman–Crippen MR) is 79.1 cm³/mol. The SMILES string of the molecule is COc1ccc(C2C(C#N)=C(N)OC3=C2S(=O)(=O)CC3)cc1. The monoisotopic (exact) mass is 318 g/mol. The number of ether oxygens (including phenoxy) is 2. The molecule has 0 bridgehead atoms. The molecular weight excluding hydrogens is 304 g/mol. The summed E-state index contributed by atoms with van der Waals surface area (Å²) >= 11 is 0. The van der Waals surface area contributed by atoms with E-state index in [0.29, 0.717) is 17.1 Å². The first-order valence-electron chi connectivity index (χ1n) is 6.65. The van der Waals surface area contributed by atoms with Gasteiger partial charge in [0.2, 0.25) is 5.88 Å². The molecule has 114 valence electrons.